The molecule has 5 heterocycles. The normalized spacial score (nSPS) is 11.2. The van der Waals surface area contributed by atoms with Gasteiger partial charge in [-0.3, -0.25) is 0 Å². The summed E-state index contributed by atoms with van der Waals surface area (Å²) in [4.78, 5) is 22.4. The van der Waals surface area contributed by atoms with Crippen LogP contribution in [0.1, 0.15) is 0 Å². The minimum Gasteiger partial charge on any atom is -0.324 e. The molecule has 2 aromatic carbocycles. The van der Waals surface area contributed by atoms with Gasteiger partial charge in [0.1, 0.15) is 17.6 Å². The molecule has 0 saturated heterocycles. The van der Waals surface area contributed by atoms with Crippen molar-refractivity contribution in [3.63, 3.8) is 0 Å². The number of hydrogen-bond donors (Lipinski definition) is 2. The predicted octanol–water partition coefficient (Wildman–Crippen LogP) is 5.99. The van der Waals surface area contributed by atoms with Crippen LogP contribution >= 0.6 is 0 Å². The zero-order chi connectivity index (χ0) is 25.3. The van der Waals surface area contributed by atoms with Crippen molar-refractivity contribution in [2.45, 2.75) is 0 Å². The van der Waals surface area contributed by atoms with Crippen LogP contribution in [0.25, 0.3) is 33.8 Å². The van der Waals surface area contributed by atoms with Crippen molar-refractivity contribution in [3.05, 3.63) is 116 Å². The molecule has 9 nitrogen and oxygen atoms in total. The Hall–Kier alpha value is -5.57. The van der Waals surface area contributed by atoms with E-state index in [0.717, 1.165) is 45.2 Å². The number of benzene rings is 2. The number of pyridine rings is 2. The summed E-state index contributed by atoms with van der Waals surface area (Å²) in [6.07, 6.45) is 9.50. The molecule has 0 saturated carbocycles. The van der Waals surface area contributed by atoms with Crippen LogP contribution in [0.15, 0.2) is 116 Å². The molecule has 7 rings (SSSR count). The van der Waals surface area contributed by atoms with Crippen molar-refractivity contribution in [1.29, 1.82) is 0 Å². The number of hydrogen-bond acceptors (Lipinski definition) is 7. The first kappa shape index (κ1) is 21.7. The van der Waals surface area contributed by atoms with Gasteiger partial charge in [-0.05, 0) is 48.5 Å². The Bertz CT molecular complexity index is 1670. The van der Waals surface area contributed by atoms with Crippen molar-refractivity contribution >= 4 is 34.6 Å². The predicted molar refractivity (Wildman–Crippen MR) is 148 cm³/mol. The summed E-state index contributed by atoms with van der Waals surface area (Å²) < 4.78 is 4.02. The molecule has 0 bridgehead atoms. The number of aromatic nitrogens is 7. The standard InChI is InChI=1S/C29H21N9/c1-3-15-37-17-24(34-26(37)5-1)20-7-11-22(12-8-20)32-28-30-19-31-29(36-28)33-23-13-9-21(10-14-23)25-18-38-16-4-2-6-27(38)35-25/h1-19H,(H2,30,31,32,33,36). The largest absolute Gasteiger partial charge is 0.324 e. The van der Waals surface area contributed by atoms with Crippen LogP contribution in [0.2, 0.25) is 0 Å². The fourth-order valence-corrected chi connectivity index (χ4v) is 4.27. The van der Waals surface area contributed by atoms with E-state index in [9.17, 15) is 0 Å². The fourth-order valence-electron chi connectivity index (χ4n) is 4.27. The van der Waals surface area contributed by atoms with Crippen molar-refractivity contribution in [2.75, 3.05) is 10.6 Å². The molecule has 9 heteroatoms. The molecular weight excluding hydrogens is 474 g/mol. The zero-order valence-corrected chi connectivity index (χ0v) is 20.1. The fraction of sp³-hybridized carbons (Fsp3) is 0. The van der Waals surface area contributed by atoms with Gasteiger partial charge in [0.2, 0.25) is 11.9 Å². The first-order valence-corrected chi connectivity index (χ1v) is 12.1. The van der Waals surface area contributed by atoms with Crippen molar-refractivity contribution in [3.8, 4) is 22.5 Å². The van der Waals surface area contributed by atoms with Gasteiger partial charge < -0.3 is 19.4 Å². The van der Waals surface area contributed by atoms with E-state index in [1.807, 2.05) is 119 Å². The molecule has 182 valence electrons. The van der Waals surface area contributed by atoms with Crippen LogP contribution in [0, 0.1) is 0 Å². The van der Waals surface area contributed by atoms with Gasteiger partial charge in [-0.15, -0.1) is 0 Å². The lowest BCUT2D eigenvalue weighted by Crippen LogP contribution is -2.02. The van der Waals surface area contributed by atoms with Gasteiger partial charge in [0.25, 0.3) is 0 Å². The lowest BCUT2D eigenvalue weighted by Gasteiger charge is -2.08. The maximum atomic E-state index is 4.68. The molecule has 0 aliphatic heterocycles. The molecule has 0 aliphatic rings. The molecule has 0 radical (unpaired) electrons. The summed E-state index contributed by atoms with van der Waals surface area (Å²) in [6, 6.07) is 27.9. The monoisotopic (exact) mass is 495 g/mol. The third-order valence-corrected chi connectivity index (χ3v) is 6.17. The van der Waals surface area contributed by atoms with Gasteiger partial charge >= 0.3 is 0 Å². The van der Waals surface area contributed by atoms with E-state index in [2.05, 4.69) is 35.6 Å². The number of fused-ring (bicyclic) bond motifs is 2. The summed E-state index contributed by atoms with van der Waals surface area (Å²) in [5, 5.41) is 6.48. The number of nitrogens with zero attached hydrogens (tertiary/aromatic N) is 7. The highest BCUT2D eigenvalue weighted by molar-refractivity contribution is 5.68. The third-order valence-electron chi connectivity index (χ3n) is 6.17. The summed E-state index contributed by atoms with van der Waals surface area (Å²) >= 11 is 0. The lowest BCUT2D eigenvalue weighted by atomic mass is 10.1. The van der Waals surface area contributed by atoms with E-state index in [-0.39, 0.29) is 0 Å². The maximum absolute atomic E-state index is 4.68. The minimum atomic E-state index is 0.448. The van der Waals surface area contributed by atoms with E-state index < -0.39 is 0 Å². The highest BCUT2D eigenvalue weighted by atomic mass is 15.2. The molecule has 0 unspecified atom stereocenters. The Balaban J connectivity index is 1.04. The van der Waals surface area contributed by atoms with Crippen LogP contribution < -0.4 is 10.6 Å². The van der Waals surface area contributed by atoms with Gasteiger partial charge in [-0.2, -0.15) is 4.98 Å². The Morgan fingerprint density at radius 1 is 0.500 bits per heavy atom. The SMILES string of the molecule is c1ccn2cc(-c3ccc(Nc4ncnc(Nc5ccc(-c6cn7ccccc7n6)cc5)n4)cc3)nc2c1. The number of imidazole rings is 2. The average Bonchev–Trinajstić information content (AvgIpc) is 3.59. The Morgan fingerprint density at radius 3 is 1.42 bits per heavy atom. The second-order valence-corrected chi connectivity index (χ2v) is 8.72. The van der Waals surface area contributed by atoms with Crippen molar-refractivity contribution in [2.24, 2.45) is 0 Å². The molecule has 2 N–H and O–H groups in total. The first-order chi connectivity index (χ1) is 18.8. The van der Waals surface area contributed by atoms with Gasteiger partial charge in [0, 0.05) is 47.3 Å². The maximum Gasteiger partial charge on any atom is 0.232 e. The topological polar surface area (TPSA) is 97.3 Å². The smallest absolute Gasteiger partial charge is 0.232 e. The molecule has 0 aliphatic carbocycles. The molecule has 0 amide bonds. The summed E-state index contributed by atoms with van der Waals surface area (Å²) in [5.41, 5.74) is 7.47. The van der Waals surface area contributed by atoms with Crippen LogP contribution in [0.4, 0.5) is 23.3 Å². The van der Waals surface area contributed by atoms with E-state index in [1.165, 1.54) is 6.33 Å². The minimum absolute atomic E-state index is 0.448. The highest BCUT2D eigenvalue weighted by Crippen LogP contribution is 2.24. The van der Waals surface area contributed by atoms with Crippen LogP contribution in [-0.4, -0.2) is 33.7 Å². The number of rotatable bonds is 6. The second-order valence-electron chi connectivity index (χ2n) is 8.72. The Kier molecular flexibility index (Phi) is 5.22. The number of nitrogens with one attached hydrogen (secondary N) is 2. The van der Waals surface area contributed by atoms with Crippen molar-refractivity contribution < 1.29 is 0 Å². The van der Waals surface area contributed by atoms with Gasteiger partial charge in [0.15, 0.2) is 0 Å². The quantitative estimate of drug-likeness (QED) is 0.293. The molecular formula is C29H21N9. The van der Waals surface area contributed by atoms with E-state index >= 15 is 0 Å². The van der Waals surface area contributed by atoms with Gasteiger partial charge in [0.05, 0.1) is 11.4 Å². The molecule has 5 aromatic heterocycles. The Labute approximate surface area is 217 Å². The first-order valence-electron chi connectivity index (χ1n) is 12.1. The average molecular weight is 496 g/mol. The van der Waals surface area contributed by atoms with E-state index in [1.54, 1.807) is 0 Å². The molecule has 7 aromatic rings. The van der Waals surface area contributed by atoms with Crippen LogP contribution in [0.3, 0.4) is 0 Å². The van der Waals surface area contributed by atoms with Crippen LogP contribution in [0.5, 0.6) is 0 Å². The lowest BCUT2D eigenvalue weighted by molar-refractivity contribution is 1.06. The number of anilines is 4. The molecule has 38 heavy (non-hydrogen) atoms. The van der Waals surface area contributed by atoms with Gasteiger partial charge in [-0.25, -0.2) is 19.9 Å². The second kappa shape index (κ2) is 9.14. The zero-order valence-electron chi connectivity index (χ0n) is 20.1. The summed E-state index contributed by atoms with van der Waals surface area (Å²) in [5.74, 6) is 0.897. The molecule has 0 atom stereocenters. The van der Waals surface area contributed by atoms with E-state index in [4.69, 9.17) is 0 Å². The summed E-state index contributed by atoms with van der Waals surface area (Å²) in [7, 11) is 0. The van der Waals surface area contributed by atoms with E-state index in [0.29, 0.717) is 11.9 Å². The molecule has 0 fully saturated rings. The Morgan fingerprint density at radius 2 is 0.974 bits per heavy atom. The van der Waals surface area contributed by atoms with Crippen molar-refractivity contribution in [1.82, 2.24) is 33.7 Å². The van der Waals surface area contributed by atoms with Crippen LogP contribution in [-0.2, 0) is 0 Å². The molecule has 0 spiro atoms. The third kappa shape index (κ3) is 4.28. The highest BCUT2D eigenvalue weighted by Gasteiger charge is 2.07. The van der Waals surface area contributed by atoms with Gasteiger partial charge in [-0.1, -0.05) is 36.4 Å². The summed E-state index contributed by atoms with van der Waals surface area (Å²) in [6.45, 7) is 0.